The fourth-order valence-electron chi connectivity index (χ4n) is 1.49. The molecule has 0 spiro atoms. The summed E-state index contributed by atoms with van der Waals surface area (Å²) >= 11 is 0. The van der Waals surface area contributed by atoms with E-state index in [4.69, 9.17) is 9.47 Å². The molecule has 6 heteroatoms. The lowest BCUT2D eigenvalue weighted by molar-refractivity contribution is -0.170. The number of carbonyl (C=O) groups is 2. The predicted octanol–water partition coefficient (Wildman–Crippen LogP) is 0.998. The number of alkyl halides is 1. The van der Waals surface area contributed by atoms with E-state index in [1.165, 1.54) is 6.92 Å². The smallest absolute Gasteiger partial charge is 0.351 e. The third kappa shape index (κ3) is 3.01. The number of hydrogen-bond donors (Lipinski definition) is 0. The van der Waals surface area contributed by atoms with E-state index in [1.807, 2.05) is 0 Å². The van der Waals surface area contributed by atoms with E-state index in [2.05, 4.69) is 4.74 Å². The number of esters is 1. The first-order valence-corrected chi connectivity index (χ1v) is 5.43. The molecule has 1 aliphatic rings. The molecule has 98 valence electrons. The molecule has 0 aromatic rings. The van der Waals surface area contributed by atoms with Crippen LogP contribution < -0.4 is 0 Å². The molecule has 1 unspecified atom stereocenters. The van der Waals surface area contributed by atoms with E-state index >= 15 is 0 Å². The highest BCUT2D eigenvalue weighted by Crippen LogP contribution is 2.27. The SMILES string of the molecule is CCOC(=O)C(C)(F)C(=O)[C@H]1COC(C)(C)O1. The van der Waals surface area contributed by atoms with Gasteiger partial charge in [0, 0.05) is 0 Å². The maximum absolute atomic E-state index is 14.0. The molecule has 1 rings (SSSR count). The molecular formula is C11H17FO5. The maximum atomic E-state index is 14.0. The topological polar surface area (TPSA) is 61.8 Å². The van der Waals surface area contributed by atoms with Gasteiger partial charge in [0.05, 0.1) is 13.2 Å². The minimum Gasteiger partial charge on any atom is -0.463 e. The zero-order valence-corrected chi connectivity index (χ0v) is 10.4. The Morgan fingerprint density at radius 3 is 2.53 bits per heavy atom. The van der Waals surface area contributed by atoms with E-state index in [1.54, 1.807) is 13.8 Å². The van der Waals surface area contributed by atoms with Gasteiger partial charge in [-0.2, -0.15) is 0 Å². The average Bonchev–Trinajstić information content (AvgIpc) is 2.58. The molecule has 0 bridgehead atoms. The van der Waals surface area contributed by atoms with Gasteiger partial charge in [0.1, 0.15) is 6.10 Å². The largest absolute Gasteiger partial charge is 0.463 e. The number of ketones is 1. The lowest BCUT2D eigenvalue weighted by Gasteiger charge is -2.21. The Bertz CT molecular complexity index is 324. The van der Waals surface area contributed by atoms with Crippen LogP contribution in [0.5, 0.6) is 0 Å². The van der Waals surface area contributed by atoms with Crippen molar-refractivity contribution in [1.29, 1.82) is 0 Å². The summed E-state index contributed by atoms with van der Waals surface area (Å²) < 4.78 is 28.9. The van der Waals surface area contributed by atoms with Gasteiger partial charge in [0.25, 0.3) is 5.67 Å². The monoisotopic (exact) mass is 248 g/mol. The first-order valence-electron chi connectivity index (χ1n) is 5.43. The summed E-state index contributed by atoms with van der Waals surface area (Å²) in [5.41, 5.74) is -2.70. The third-order valence-corrected chi connectivity index (χ3v) is 2.42. The zero-order valence-electron chi connectivity index (χ0n) is 10.4. The maximum Gasteiger partial charge on any atom is 0.351 e. The van der Waals surface area contributed by atoms with Crippen LogP contribution in [0.2, 0.25) is 0 Å². The first kappa shape index (κ1) is 14.1. The van der Waals surface area contributed by atoms with Crippen molar-refractivity contribution < 1.29 is 28.2 Å². The van der Waals surface area contributed by atoms with Crippen LogP contribution in [-0.4, -0.2) is 42.5 Å². The van der Waals surface area contributed by atoms with E-state index in [9.17, 15) is 14.0 Å². The number of hydrogen-bond acceptors (Lipinski definition) is 5. The second-order valence-electron chi connectivity index (χ2n) is 4.41. The quantitative estimate of drug-likeness (QED) is 0.548. The van der Waals surface area contributed by atoms with Crippen LogP contribution in [0.1, 0.15) is 27.7 Å². The summed E-state index contributed by atoms with van der Waals surface area (Å²) in [7, 11) is 0. The van der Waals surface area contributed by atoms with Crippen LogP contribution in [0.15, 0.2) is 0 Å². The highest BCUT2D eigenvalue weighted by atomic mass is 19.1. The molecule has 1 saturated heterocycles. The van der Waals surface area contributed by atoms with Crippen molar-refractivity contribution in [1.82, 2.24) is 0 Å². The number of halogens is 1. The zero-order chi connectivity index (χ0) is 13.3. The number of Topliss-reactive ketones (excluding diaryl/α,β-unsaturated/α-hetero) is 1. The molecule has 2 atom stereocenters. The first-order chi connectivity index (χ1) is 7.70. The van der Waals surface area contributed by atoms with Gasteiger partial charge >= 0.3 is 5.97 Å². The Labute approximate surface area is 99.2 Å². The molecule has 0 aromatic heterocycles. The van der Waals surface area contributed by atoms with Crippen molar-refractivity contribution in [2.75, 3.05) is 13.2 Å². The number of rotatable bonds is 4. The molecule has 0 aromatic carbocycles. The van der Waals surface area contributed by atoms with Crippen LogP contribution in [-0.2, 0) is 23.8 Å². The molecule has 1 fully saturated rings. The summed E-state index contributed by atoms with van der Waals surface area (Å²) in [4.78, 5) is 23.1. The van der Waals surface area contributed by atoms with Gasteiger partial charge in [0.15, 0.2) is 5.79 Å². The van der Waals surface area contributed by atoms with E-state index < -0.39 is 29.3 Å². The lowest BCUT2D eigenvalue weighted by atomic mass is 9.99. The normalized spacial score (nSPS) is 26.3. The van der Waals surface area contributed by atoms with Crippen molar-refractivity contribution in [3.63, 3.8) is 0 Å². The van der Waals surface area contributed by atoms with Gasteiger partial charge in [-0.15, -0.1) is 0 Å². The van der Waals surface area contributed by atoms with Gasteiger partial charge in [-0.1, -0.05) is 0 Å². The highest BCUT2D eigenvalue weighted by molar-refractivity contribution is 6.08. The summed E-state index contributed by atoms with van der Waals surface area (Å²) in [5.74, 6) is -3.11. The van der Waals surface area contributed by atoms with Crippen LogP contribution in [0.3, 0.4) is 0 Å². The van der Waals surface area contributed by atoms with Crippen LogP contribution in [0.25, 0.3) is 0 Å². The van der Waals surface area contributed by atoms with Crippen LogP contribution in [0, 0.1) is 0 Å². The summed E-state index contributed by atoms with van der Waals surface area (Å²) in [5, 5.41) is 0. The third-order valence-electron chi connectivity index (χ3n) is 2.42. The Balaban J connectivity index is 2.73. The average molecular weight is 248 g/mol. The van der Waals surface area contributed by atoms with Crippen LogP contribution >= 0.6 is 0 Å². The van der Waals surface area contributed by atoms with Crippen molar-refractivity contribution in [2.24, 2.45) is 0 Å². The Morgan fingerprint density at radius 2 is 2.12 bits per heavy atom. The van der Waals surface area contributed by atoms with Crippen molar-refractivity contribution in [3.8, 4) is 0 Å². The molecular weight excluding hydrogens is 231 g/mol. The second kappa shape index (κ2) is 4.70. The summed E-state index contributed by atoms with van der Waals surface area (Å²) in [6.45, 7) is 5.59. The standard InChI is InChI=1S/C11H17FO5/c1-5-15-9(14)11(4,12)8(13)7-6-16-10(2,3)17-7/h7H,5-6H2,1-4H3/t7-,11?/m1/s1. The van der Waals surface area contributed by atoms with E-state index in [0.29, 0.717) is 0 Å². The van der Waals surface area contributed by atoms with E-state index in [-0.39, 0.29) is 13.2 Å². The van der Waals surface area contributed by atoms with Crippen molar-refractivity contribution in [3.05, 3.63) is 0 Å². The Hall–Kier alpha value is -1.01. The molecule has 0 saturated carbocycles. The van der Waals surface area contributed by atoms with Crippen LogP contribution in [0.4, 0.5) is 4.39 Å². The van der Waals surface area contributed by atoms with Gasteiger partial charge < -0.3 is 14.2 Å². The second-order valence-corrected chi connectivity index (χ2v) is 4.41. The fourth-order valence-corrected chi connectivity index (χ4v) is 1.49. The molecule has 1 aliphatic heterocycles. The predicted molar refractivity (Wildman–Crippen MR) is 56.1 cm³/mol. The highest BCUT2D eigenvalue weighted by Gasteiger charge is 2.50. The number of carbonyl (C=O) groups excluding carboxylic acids is 2. The molecule has 5 nitrogen and oxygen atoms in total. The minimum atomic E-state index is -2.70. The van der Waals surface area contributed by atoms with Gasteiger partial charge in [0.2, 0.25) is 5.78 Å². The molecule has 17 heavy (non-hydrogen) atoms. The molecule has 0 aliphatic carbocycles. The lowest BCUT2D eigenvalue weighted by Crippen LogP contribution is -2.47. The molecule has 1 heterocycles. The van der Waals surface area contributed by atoms with E-state index in [0.717, 1.165) is 6.92 Å². The molecule has 0 amide bonds. The summed E-state index contributed by atoms with van der Waals surface area (Å²) in [6, 6.07) is 0. The summed E-state index contributed by atoms with van der Waals surface area (Å²) in [6.07, 6.45) is -1.08. The number of ether oxygens (including phenoxy) is 3. The van der Waals surface area contributed by atoms with Crippen molar-refractivity contribution >= 4 is 11.8 Å². The molecule has 0 radical (unpaired) electrons. The van der Waals surface area contributed by atoms with Gasteiger partial charge in [-0.05, 0) is 27.7 Å². The fraction of sp³-hybridized carbons (Fsp3) is 0.818. The van der Waals surface area contributed by atoms with Crippen molar-refractivity contribution in [2.45, 2.75) is 45.3 Å². The Morgan fingerprint density at radius 1 is 1.53 bits per heavy atom. The minimum absolute atomic E-state index is 0.0130. The molecule has 0 N–H and O–H groups in total. The Kier molecular flexibility index (Phi) is 3.88. The van der Waals surface area contributed by atoms with Gasteiger partial charge in [-0.25, -0.2) is 9.18 Å². The van der Waals surface area contributed by atoms with Gasteiger partial charge in [-0.3, -0.25) is 4.79 Å².